The minimum atomic E-state index is -0.814. The van der Waals surface area contributed by atoms with Gasteiger partial charge in [-0.25, -0.2) is 9.59 Å². The summed E-state index contributed by atoms with van der Waals surface area (Å²) in [6, 6.07) is 0. The lowest BCUT2D eigenvalue weighted by atomic mass is 10.2. The van der Waals surface area contributed by atoms with Crippen molar-refractivity contribution in [3.63, 3.8) is 0 Å². The number of carbonyl (C=O) groups excluding carboxylic acids is 5. The van der Waals surface area contributed by atoms with Gasteiger partial charge in [0.2, 0.25) is 0 Å². The highest BCUT2D eigenvalue weighted by Crippen LogP contribution is 2.29. The molecule has 1 unspecified atom stereocenters. The highest BCUT2D eigenvalue weighted by molar-refractivity contribution is 6.12. The van der Waals surface area contributed by atoms with Crippen LogP contribution in [0.2, 0.25) is 0 Å². The van der Waals surface area contributed by atoms with E-state index in [1.165, 1.54) is 7.05 Å². The second-order valence-electron chi connectivity index (χ2n) is 5.31. The van der Waals surface area contributed by atoms with Crippen molar-refractivity contribution in [3.05, 3.63) is 23.8 Å². The van der Waals surface area contributed by atoms with E-state index in [1.807, 2.05) is 0 Å². The summed E-state index contributed by atoms with van der Waals surface area (Å²) in [6.45, 7) is 1.78. The van der Waals surface area contributed by atoms with Gasteiger partial charge in [-0.1, -0.05) is 16.7 Å². The summed E-state index contributed by atoms with van der Waals surface area (Å²) < 4.78 is 0. The van der Waals surface area contributed by atoms with E-state index in [0.29, 0.717) is 5.06 Å². The number of hydrogen-bond acceptors (Lipinski definition) is 7. The van der Waals surface area contributed by atoms with Crippen LogP contribution in [0.3, 0.4) is 0 Å². The van der Waals surface area contributed by atoms with Gasteiger partial charge in [0.05, 0.1) is 5.92 Å². The molecule has 2 rings (SSSR count). The third kappa shape index (κ3) is 4.28. The Kier molecular flexibility index (Phi) is 5.12. The third-order valence-corrected chi connectivity index (χ3v) is 3.38. The lowest BCUT2D eigenvalue weighted by molar-refractivity contribution is -0.197. The molecule has 9 nitrogen and oxygen atoms in total. The van der Waals surface area contributed by atoms with E-state index in [-0.39, 0.29) is 25.2 Å². The maximum absolute atomic E-state index is 11.8. The molecule has 0 aromatic rings. The maximum atomic E-state index is 11.8. The highest BCUT2D eigenvalue weighted by Gasteiger charge is 2.32. The van der Waals surface area contributed by atoms with Crippen molar-refractivity contribution < 1.29 is 33.6 Å². The molecule has 0 aromatic carbocycles. The molecule has 0 aromatic heterocycles. The lowest BCUT2D eigenvalue weighted by Gasteiger charge is -2.16. The van der Waals surface area contributed by atoms with E-state index in [4.69, 9.17) is 4.84 Å². The molecule has 1 heterocycles. The van der Waals surface area contributed by atoms with Gasteiger partial charge in [-0.2, -0.15) is 5.06 Å². The van der Waals surface area contributed by atoms with Crippen LogP contribution in [0.15, 0.2) is 23.8 Å². The molecule has 3 amide bonds. The van der Waals surface area contributed by atoms with Gasteiger partial charge in [0.1, 0.15) is 0 Å². The van der Waals surface area contributed by atoms with Crippen molar-refractivity contribution in [2.75, 3.05) is 7.05 Å². The Labute approximate surface area is 137 Å². The molecule has 1 aliphatic carbocycles. The van der Waals surface area contributed by atoms with Gasteiger partial charge in [0, 0.05) is 32.0 Å². The van der Waals surface area contributed by atoms with E-state index in [0.717, 1.165) is 22.8 Å². The number of rotatable bonds is 6. The van der Waals surface area contributed by atoms with E-state index in [2.05, 4.69) is 4.84 Å². The Morgan fingerprint density at radius 3 is 2.29 bits per heavy atom. The molecule has 9 heteroatoms. The summed E-state index contributed by atoms with van der Waals surface area (Å²) in [7, 11) is 1.31. The normalized spacial score (nSPS) is 18.3. The van der Waals surface area contributed by atoms with E-state index in [9.17, 15) is 24.0 Å². The van der Waals surface area contributed by atoms with Gasteiger partial charge < -0.3 is 9.68 Å². The van der Waals surface area contributed by atoms with Crippen LogP contribution in [-0.4, -0.2) is 46.8 Å². The fraction of sp³-hybridized carbons (Fsp3) is 0.400. The minimum absolute atomic E-state index is 0.0594. The Morgan fingerprint density at radius 1 is 1.17 bits per heavy atom. The fourth-order valence-electron chi connectivity index (χ4n) is 1.88. The van der Waals surface area contributed by atoms with Crippen molar-refractivity contribution in [1.82, 2.24) is 10.1 Å². The molecule has 128 valence electrons. The van der Waals surface area contributed by atoms with Crippen LogP contribution < -0.4 is 0 Å². The number of carbonyl (C=O) groups is 5. The van der Waals surface area contributed by atoms with E-state index in [1.54, 1.807) is 13.0 Å². The zero-order valence-corrected chi connectivity index (χ0v) is 13.2. The SMILES string of the molecule is CC1=CC1C(=O)ON(C)C(=O)CCCC(=O)ON1C(=O)C=CC1=O. The molecule has 0 bridgehead atoms. The molecule has 0 N–H and O–H groups in total. The largest absolute Gasteiger partial charge is 0.343 e. The standard InChI is InChI=1S/C15H16N2O7/c1-9-8-10(9)15(22)24-16(2)11(18)4-3-5-14(21)23-17-12(19)6-7-13(17)20/h6-8,10H,3-5H2,1-2H3. The second kappa shape index (κ2) is 7.07. The molecule has 0 fully saturated rings. The van der Waals surface area contributed by atoms with Crippen LogP contribution in [-0.2, 0) is 33.6 Å². The number of hydrogen-bond donors (Lipinski definition) is 0. The van der Waals surface area contributed by atoms with Crippen molar-refractivity contribution in [2.45, 2.75) is 26.2 Å². The first-order chi connectivity index (χ1) is 11.3. The third-order valence-electron chi connectivity index (χ3n) is 3.38. The first kappa shape index (κ1) is 17.4. The first-order valence-electron chi connectivity index (χ1n) is 7.23. The van der Waals surface area contributed by atoms with Gasteiger partial charge in [-0.15, -0.1) is 0 Å². The van der Waals surface area contributed by atoms with Crippen molar-refractivity contribution in [2.24, 2.45) is 5.92 Å². The topological polar surface area (TPSA) is 110 Å². The average molecular weight is 336 g/mol. The summed E-state index contributed by atoms with van der Waals surface area (Å²) in [5, 5.41) is 1.17. The Morgan fingerprint density at radius 2 is 1.75 bits per heavy atom. The van der Waals surface area contributed by atoms with Crippen LogP contribution >= 0.6 is 0 Å². The summed E-state index contributed by atoms with van der Waals surface area (Å²) in [6.07, 6.45) is 3.57. The molecule has 0 spiro atoms. The number of nitrogens with zero attached hydrogens (tertiary/aromatic N) is 2. The average Bonchev–Trinajstić information content (AvgIpc) is 3.18. The summed E-state index contributed by atoms with van der Waals surface area (Å²) >= 11 is 0. The molecule has 0 saturated heterocycles. The summed E-state index contributed by atoms with van der Waals surface area (Å²) in [5.41, 5.74) is 0.893. The zero-order valence-electron chi connectivity index (χ0n) is 13.2. The van der Waals surface area contributed by atoms with Gasteiger partial charge in [-0.05, 0) is 13.3 Å². The molecule has 0 saturated carbocycles. The maximum Gasteiger partial charge on any atom is 0.343 e. The molecule has 24 heavy (non-hydrogen) atoms. The number of imide groups is 1. The van der Waals surface area contributed by atoms with E-state index >= 15 is 0 Å². The van der Waals surface area contributed by atoms with Crippen LogP contribution in [0.4, 0.5) is 0 Å². The minimum Gasteiger partial charge on any atom is -0.337 e. The zero-order chi connectivity index (χ0) is 17.9. The monoisotopic (exact) mass is 336 g/mol. The number of hydroxylamine groups is 4. The van der Waals surface area contributed by atoms with Crippen LogP contribution in [0.25, 0.3) is 0 Å². The number of amides is 3. The lowest BCUT2D eigenvalue weighted by Crippen LogP contribution is -2.33. The smallest absolute Gasteiger partial charge is 0.337 e. The Balaban J connectivity index is 1.64. The van der Waals surface area contributed by atoms with Gasteiger partial charge in [0.25, 0.3) is 17.7 Å². The van der Waals surface area contributed by atoms with Crippen LogP contribution in [0, 0.1) is 5.92 Å². The molecule has 1 aliphatic heterocycles. The van der Waals surface area contributed by atoms with Crippen molar-refractivity contribution in [1.29, 1.82) is 0 Å². The van der Waals surface area contributed by atoms with Crippen LogP contribution in [0.5, 0.6) is 0 Å². The van der Waals surface area contributed by atoms with Gasteiger partial charge >= 0.3 is 11.9 Å². The van der Waals surface area contributed by atoms with Crippen molar-refractivity contribution in [3.8, 4) is 0 Å². The molecular formula is C15H16N2O7. The Hall–Kier alpha value is -2.97. The summed E-state index contributed by atoms with van der Waals surface area (Å²) in [4.78, 5) is 66.8. The van der Waals surface area contributed by atoms with Gasteiger partial charge in [-0.3, -0.25) is 14.4 Å². The molecule has 2 aliphatic rings. The van der Waals surface area contributed by atoms with Gasteiger partial charge in [0.15, 0.2) is 0 Å². The molecular weight excluding hydrogens is 320 g/mol. The first-order valence-corrected chi connectivity index (χ1v) is 7.23. The molecule has 0 radical (unpaired) electrons. The van der Waals surface area contributed by atoms with E-state index < -0.39 is 29.7 Å². The summed E-state index contributed by atoms with van der Waals surface area (Å²) in [5.74, 6) is -3.66. The van der Waals surface area contributed by atoms with Crippen molar-refractivity contribution >= 4 is 29.7 Å². The molecule has 1 atom stereocenters. The highest BCUT2D eigenvalue weighted by atomic mass is 16.7. The van der Waals surface area contributed by atoms with Crippen LogP contribution in [0.1, 0.15) is 26.2 Å². The fourth-order valence-corrected chi connectivity index (χ4v) is 1.88. The Bertz CT molecular complexity index is 647. The predicted octanol–water partition coefficient (Wildman–Crippen LogP) is 0.0326. The quantitative estimate of drug-likeness (QED) is 0.382. The second-order valence-corrected chi connectivity index (χ2v) is 5.31. The predicted molar refractivity (Wildman–Crippen MR) is 77.0 cm³/mol.